The summed E-state index contributed by atoms with van der Waals surface area (Å²) < 4.78 is 5.39. The lowest BCUT2D eigenvalue weighted by molar-refractivity contribution is 0.410. The first kappa shape index (κ1) is 19.6. The van der Waals surface area contributed by atoms with Gasteiger partial charge in [0.15, 0.2) is 5.96 Å². The molecular weight excluding hydrogens is 425 g/mol. The summed E-state index contributed by atoms with van der Waals surface area (Å²) in [5.74, 6) is 2.31. The van der Waals surface area contributed by atoms with Gasteiger partial charge in [-0.15, -0.1) is 24.0 Å². The standard InChI is InChI=1S/C20H25N3O.HI/c1-3-21-20(22-13-16-9-5-7-11-19(16)24-2)23-14-17-12-15-8-4-6-10-18(15)17;/h4-11,17H,3,12-14H2,1-2H3,(H2,21,22,23);1H. The van der Waals surface area contributed by atoms with E-state index in [9.17, 15) is 0 Å². The van der Waals surface area contributed by atoms with Crippen molar-refractivity contribution in [2.45, 2.75) is 25.8 Å². The van der Waals surface area contributed by atoms with Gasteiger partial charge in [-0.2, -0.15) is 0 Å². The van der Waals surface area contributed by atoms with E-state index in [1.54, 1.807) is 7.11 Å². The molecule has 1 aliphatic rings. The minimum atomic E-state index is 0. The van der Waals surface area contributed by atoms with Gasteiger partial charge in [-0.25, -0.2) is 4.99 Å². The highest BCUT2D eigenvalue weighted by Crippen LogP contribution is 2.33. The second-order valence-electron chi connectivity index (χ2n) is 5.99. The third-order valence-corrected chi connectivity index (χ3v) is 4.42. The van der Waals surface area contributed by atoms with Gasteiger partial charge in [-0.3, -0.25) is 0 Å². The first-order chi connectivity index (χ1) is 11.8. The predicted octanol–water partition coefficient (Wildman–Crippen LogP) is 3.71. The number of methoxy groups -OCH3 is 1. The minimum absolute atomic E-state index is 0. The minimum Gasteiger partial charge on any atom is -0.496 e. The maximum Gasteiger partial charge on any atom is 0.191 e. The molecule has 4 nitrogen and oxygen atoms in total. The zero-order valence-electron chi connectivity index (χ0n) is 14.8. The van der Waals surface area contributed by atoms with E-state index in [1.807, 2.05) is 24.3 Å². The zero-order chi connectivity index (χ0) is 16.8. The Balaban J connectivity index is 0.00000225. The van der Waals surface area contributed by atoms with Gasteiger partial charge < -0.3 is 15.4 Å². The molecule has 0 radical (unpaired) electrons. The number of fused-ring (bicyclic) bond motifs is 1. The molecule has 2 aromatic carbocycles. The number of hydrogen-bond acceptors (Lipinski definition) is 2. The topological polar surface area (TPSA) is 45.7 Å². The molecule has 5 heteroatoms. The quantitative estimate of drug-likeness (QED) is 0.400. The number of ether oxygens (including phenoxy) is 1. The molecule has 0 saturated carbocycles. The predicted molar refractivity (Wildman–Crippen MR) is 114 cm³/mol. The van der Waals surface area contributed by atoms with Crippen molar-refractivity contribution in [3.05, 3.63) is 65.2 Å². The normalized spacial score (nSPS) is 15.4. The summed E-state index contributed by atoms with van der Waals surface area (Å²) in [6, 6.07) is 16.7. The molecule has 0 aliphatic heterocycles. The Kier molecular flexibility index (Phi) is 7.55. The highest BCUT2D eigenvalue weighted by Gasteiger charge is 2.25. The second kappa shape index (κ2) is 9.65. The van der Waals surface area contributed by atoms with Crippen LogP contribution in [0.1, 0.15) is 29.5 Å². The number of nitrogens with one attached hydrogen (secondary N) is 2. The number of halogens is 1. The molecule has 134 valence electrons. The molecule has 1 aliphatic carbocycles. The van der Waals surface area contributed by atoms with E-state index in [1.165, 1.54) is 11.1 Å². The van der Waals surface area contributed by atoms with Crippen LogP contribution in [0.5, 0.6) is 5.75 Å². The van der Waals surface area contributed by atoms with E-state index in [0.717, 1.165) is 36.8 Å². The van der Waals surface area contributed by atoms with Gasteiger partial charge in [0.25, 0.3) is 0 Å². The number of para-hydroxylation sites is 1. The SMILES string of the molecule is CCNC(=NCc1ccccc1OC)NCC1Cc2ccccc21.I. The molecular formula is C20H26IN3O. The van der Waals surface area contributed by atoms with Gasteiger partial charge in [-0.05, 0) is 30.5 Å². The van der Waals surface area contributed by atoms with Crippen LogP contribution in [0.15, 0.2) is 53.5 Å². The largest absolute Gasteiger partial charge is 0.496 e. The van der Waals surface area contributed by atoms with Crippen molar-refractivity contribution in [2.75, 3.05) is 20.2 Å². The Bertz CT molecular complexity index is 718. The summed E-state index contributed by atoms with van der Waals surface area (Å²) in [5.41, 5.74) is 4.03. The van der Waals surface area contributed by atoms with E-state index >= 15 is 0 Å². The molecule has 0 aromatic heterocycles. The van der Waals surface area contributed by atoms with Crippen LogP contribution in [-0.4, -0.2) is 26.2 Å². The molecule has 1 unspecified atom stereocenters. The molecule has 3 rings (SSSR count). The molecule has 2 N–H and O–H groups in total. The number of rotatable bonds is 6. The summed E-state index contributed by atoms with van der Waals surface area (Å²) >= 11 is 0. The van der Waals surface area contributed by atoms with Crippen LogP contribution >= 0.6 is 24.0 Å². The molecule has 1 atom stereocenters. The van der Waals surface area contributed by atoms with Crippen molar-refractivity contribution in [3.8, 4) is 5.75 Å². The summed E-state index contributed by atoms with van der Waals surface area (Å²) in [7, 11) is 1.69. The van der Waals surface area contributed by atoms with Crippen molar-refractivity contribution < 1.29 is 4.74 Å². The molecule has 0 saturated heterocycles. The molecule has 0 heterocycles. The molecule has 0 amide bonds. The lowest BCUT2D eigenvalue weighted by Gasteiger charge is -2.30. The van der Waals surface area contributed by atoms with Crippen molar-refractivity contribution in [3.63, 3.8) is 0 Å². The van der Waals surface area contributed by atoms with Crippen LogP contribution < -0.4 is 15.4 Å². The number of guanidine groups is 1. The van der Waals surface area contributed by atoms with Crippen molar-refractivity contribution in [1.29, 1.82) is 0 Å². The monoisotopic (exact) mass is 451 g/mol. The van der Waals surface area contributed by atoms with Gasteiger partial charge in [-0.1, -0.05) is 42.5 Å². The Morgan fingerprint density at radius 1 is 1.12 bits per heavy atom. The fraction of sp³-hybridized carbons (Fsp3) is 0.350. The van der Waals surface area contributed by atoms with Crippen molar-refractivity contribution in [2.24, 2.45) is 4.99 Å². The summed E-state index contributed by atoms with van der Waals surface area (Å²) in [5, 5.41) is 6.79. The summed E-state index contributed by atoms with van der Waals surface area (Å²) in [6.45, 7) is 4.44. The Hall–Kier alpha value is -1.76. The third-order valence-electron chi connectivity index (χ3n) is 4.42. The average Bonchev–Trinajstić information content (AvgIpc) is 2.60. The number of nitrogens with zero attached hydrogens (tertiary/aromatic N) is 1. The van der Waals surface area contributed by atoms with E-state index in [2.05, 4.69) is 41.8 Å². The maximum atomic E-state index is 5.39. The molecule has 0 spiro atoms. The van der Waals surface area contributed by atoms with Crippen LogP contribution in [0.3, 0.4) is 0 Å². The second-order valence-corrected chi connectivity index (χ2v) is 5.99. The number of hydrogen-bond donors (Lipinski definition) is 2. The lowest BCUT2D eigenvalue weighted by Crippen LogP contribution is -2.41. The van der Waals surface area contributed by atoms with Crippen LogP contribution in [0, 0.1) is 0 Å². The van der Waals surface area contributed by atoms with E-state index in [0.29, 0.717) is 12.5 Å². The first-order valence-corrected chi connectivity index (χ1v) is 8.53. The molecule has 0 fully saturated rings. The molecule has 25 heavy (non-hydrogen) atoms. The smallest absolute Gasteiger partial charge is 0.191 e. The summed E-state index contributed by atoms with van der Waals surface area (Å²) in [6.07, 6.45) is 1.15. The fourth-order valence-corrected chi connectivity index (χ4v) is 3.10. The average molecular weight is 451 g/mol. The Morgan fingerprint density at radius 2 is 1.88 bits per heavy atom. The number of aliphatic imine (C=N–C) groups is 1. The highest BCUT2D eigenvalue weighted by atomic mass is 127. The van der Waals surface area contributed by atoms with E-state index in [4.69, 9.17) is 9.73 Å². The molecule has 2 aromatic rings. The third kappa shape index (κ3) is 4.87. The van der Waals surface area contributed by atoms with Crippen LogP contribution in [-0.2, 0) is 13.0 Å². The Labute approximate surface area is 167 Å². The van der Waals surface area contributed by atoms with Crippen molar-refractivity contribution in [1.82, 2.24) is 10.6 Å². The van der Waals surface area contributed by atoms with Gasteiger partial charge in [0.1, 0.15) is 5.75 Å². The van der Waals surface area contributed by atoms with Gasteiger partial charge in [0.05, 0.1) is 13.7 Å². The fourth-order valence-electron chi connectivity index (χ4n) is 3.10. The van der Waals surface area contributed by atoms with Crippen LogP contribution in [0.25, 0.3) is 0 Å². The van der Waals surface area contributed by atoms with E-state index in [-0.39, 0.29) is 24.0 Å². The lowest BCUT2D eigenvalue weighted by atomic mass is 9.78. The van der Waals surface area contributed by atoms with Gasteiger partial charge in [0, 0.05) is 24.6 Å². The van der Waals surface area contributed by atoms with Crippen molar-refractivity contribution >= 4 is 29.9 Å². The van der Waals surface area contributed by atoms with Gasteiger partial charge in [0.2, 0.25) is 0 Å². The zero-order valence-corrected chi connectivity index (χ0v) is 17.1. The summed E-state index contributed by atoms with van der Waals surface area (Å²) in [4.78, 5) is 4.69. The molecule has 0 bridgehead atoms. The maximum absolute atomic E-state index is 5.39. The number of benzene rings is 2. The Morgan fingerprint density at radius 3 is 2.64 bits per heavy atom. The van der Waals surface area contributed by atoms with Crippen LogP contribution in [0.4, 0.5) is 0 Å². The van der Waals surface area contributed by atoms with Crippen LogP contribution in [0.2, 0.25) is 0 Å². The highest BCUT2D eigenvalue weighted by molar-refractivity contribution is 14.0. The van der Waals surface area contributed by atoms with E-state index < -0.39 is 0 Å². The first-order valence-electron chi connectivity index (χ1n) is 8.53. The van der Waals surface area contributed by atoms with Gasteiger partial charge >= 0.3 is 0 Å².